The highest BCUT2D eigenvalue weighted by atomic mass is 19.4. The first-order valence-corrected chi connectivity index (χ1v) is 10.9. The van der Waals surface area contributed by atoms with Gasteiger partial charge in [-0.05, 0) is 57.3 Å². The number of barbiturate groups is 1. The number of carbonyl (C=O) groups excluding carboxylic acids is 4. The molecule has 0 atom stereocenters. The monoisotopic (exact) mass is 456 g/mol. The number of amides is 5. The van der Waals surface area contributed by atoms with Crippen LogP contribution in [0.3, 0.4) is 0 Å². The van der Waals surface area contributed by atoms with E-state index in [1.54, 1.807) is 18.9 Å². The van der Waals surface area contributed by atoms with E-state index in [-0.39, 0.29) is 30.3 Å². The quantitative estimate of drug-likeness (QED) is 0.609. The minimum absolute atomic E-state index is 0.00323. The number of urea groups is 1. The molecule has 176 valence electrons. The molecule has 3 fully saturated rings. The van der Waals surface area contributed by atoms with Gasteiger partial charge in [0.1, 0.15) is 12.1 Å². The Bertz CT molecular complexity index is 884. The molecule has 2 aliphatic carbocycles. The van der Waals surface area contributed by atoms with Crippen molar-refractivity contribution in [3.05, 3.63) is 0 Å². The minimum Gasteiger partial charge on any atom is -0.316 e. The van der Waals surface area contributed by atoms with Gasteiger partial charge in [0, 0.05) is 26.1 Å². The molecule has 8 nitrogen and oxygen atoms in total. The molecule has 0 bridgehead atoms. The molecule has 1 saturated heterocycles. The molecule has 0 aromatic rings. The number of carbonyl (C=O) groups is 4. The van der Waals surface area contributed by atoms with Crippen molar-refractivity contribution >= 4 is 29.5 Å². The van der Waals surface area contributed by atoms with Crippen LogP contribution in [0.5, 0.6) is 0 Å². The van der Waals surface area contributed by atoms with E-state index in [2.05, 4.69) is 4.99 Å². The number of aliphatic imine (C=N–C) groups is 1. The molecular formula is C21H27F3N4O4. The zero-order chi connectivity index (χ0) is 23.5. The summed E-state index contributed by atoms with van der Waals surface area (Å²) < 4.78 is 37.3. The predicted octanol–water partition coefficient (Wildman–Crippen LogP) is 2.86. The maximum absolute atomic E-state index is 12.8. The van der Waals surface area contributed by atoms with E-state index in [0.29, 0.717) is 18.6 Å². The van der Waals surface area contributed by atoms with Crippen molar-refractivity contribution in [1.29, 1.82) is 0 Å². The Labute approximate surface area is 183 Å². The van der Waals surface area contributed by atoms with Crippen molar-refractivity contribution in [2.75, 3.05) is 13.6 Å². The van der Waals surface area contributed by atoms with Gasteiger partial charge in [0.05, 0.1) is 5.71 Å². The molecule has 0 N–H and O–H groups in total. The van der Waals surface area contributed by atoms with Gasteiger partial charge in [0.15, 0.2) is 0 Å². The topological polar surface area (TPSA) is 90.4 Å². The molecule has 2 aliphatic heterocycles. The molecule has 0 aromatic carbocycles. The third-order valence-corrected chi connectivity index (χ3v) is 7.46. The lowest BCUT2D eigenvalue weighted by Gasteiger charge is -2.58. The van der Waals surface area contributed by atoms with E-state index in [1.165, 1.54) is 0 Å². The van der Waals surface area contributed by atoms with Gasteiger partial charge >= 0.3 is 12.2 Å². The van der Waals surface area contributed by atoms with Crippen molar-refractivity contribution in [3.8, 4) is 0 Å². The van der Waals surface area contributed by atoms with Gasteiger partial charge in [-0.3, -0.25) is 29.2 Å². The van der Waals surface area contributed by atoms with Crippen LogP contribution < -0.4 is 0 Å². The summed E-state index contributed by atoms with van der Waals surface area (Å²) in [5.74, 6) is -1.39. The summed E-state index contributed by atoms with van der Waals surface area (Å²) in [6, 6.07) is -1.18. The Morgan fingerprint density at radius 2 is 1.69 bits per heavy atom. The lowest BCUT2D eigenvalue weighted by atomic mass is 9.54. The highest BCUT2D eigenvalue weighted by Crippen LogP contribution is 2.60. The Balaban J connectivity index is 1.37. The average molecular weight is 456 g/mol. The molecule has 4 aliphatic rings. The molecule has 0 radical (unpaired) electrons. The lowest BCUT2D eigenvalue weighted by Crippen LogP contribution is -2.62. The average Bonchev–Trinajstić information content (AvgIpc) is 2.88. The second-order valence-electron chi connectivity index (χ2n) is 9.62. The lowest BCUT2D eigenvalue weighted by molar-refractivity contribution is -0.150. The van der Waals surface area contributed by atoms with Crippen molar-refractivity contribution in [2.24, 2.45) is 10.4 Å². The Hall–Kier alpha value is -2.46. The normalized spacial score (nSPS) is 33.5. The van der Waals surface area contributed by atoms with Crippen LogP contribution >= 0.6 is 0 Å². The zero-order valence-electron chi connectivity index (χ0n) is 18.2. The smallest absolute Gasteiger partial charge is 0.316 e. The van der Waals surface area contributed by atoms with Gasteiger partial charge in [-0.25, -0.2) is 4.79 Å². The fourth-order valence-corrected chi connectivity index (χ4v) is 5.83. The van der Waals surface area contributed by atoms with Gasteiger partial charge in [-0.15, -0.1) is 0 Å². The second-order valence-corrected chi connectivity index (χ2v) is 9.62. The van der Waals surface area contributed by atoms with Crippen LogP contribution in [0.1, 0.15) is 64.7 Å². The third kappa shape index (κ3) is 3.79. The van der Waals surface area contributed by atoms with Crippen LogP contribution in [0.4, 0.5) is 18.0 Å². The van der Waals surface area contributed by atoms with Crippen LogP contribution in [-0.4, -0.2) is 75.6 Å². The molecule has 2 saturated carbocycles. The van der Waals surface area contributed by atoms with Gasteiger partial charge < -0.3 is 4.90 Å². The van der Waals surface area contributed by atoms with Crippen LogP contribution in [0.15, 0.2) is 4.99 Å². The first kappa shape index (κ1) is 22.7. The van der Waals surface area contributed by atoms with E-state index in [0.717, 1.165) is 35.5 Å². The molecule has 2 spiro atoms. The maximum atomic E-state index is 12.8. The largest absolute Gasteiger partial charge is 0.389 e. The van der Waals surface area contributed by atoms with Gasteiger partial charge in [0.2, 0.25) is 11.8 Å². The Kier molecular flexibility index (Phi) is 5.36. The number of alkyl halides is 3. The van der Waals surface area contributed by atoms with Gasteiger partial charge in [-0.1, -0.05) is 0 Å². The van der Waals surface area contributed by atoms with E-state index in [1.807, 2.05) is 0 Å². The molecule has 0 aromatic heterocycles. The van der Waals surface area contributed by atoms with Gasteiger partial charge in [0.25, 0.3) is 5.91 Å². The molecule has 2 heterocycles. The third-order valence-electron chi connectivity index (χ3n) is 7.46. The maximum Gasteiger partial charge on any atom is 0.389 e. The summed E-state index contributed by atoms with van der Waals surface area (Å²) in [5.41, 5.74) is 0.0336. The second kappa shape index (κ2) is 7.55. The van der Waals surface area contributed by atoms with Crippen LogP contribution in [-0.2, 0) is 14.4 Å². The van der Waals surface area contributed by atoms with E-state index in [9.17, 15) is 32.3 Å². The molecule has 11 heteroatoms. The summed E-state index contributed by atoms with van der Waals surface area (Å²) in [6.07, 6.45) is -2.19. The fraction of sp³-hybridized carbons (Fsp3) is 0.762. The number of hydrogen-bond acceptors (Lipinski definition) is 5. The predicted molar refractivity (Wildman–Crippen MR) is 106 cm³/mol. The van der Waals surface area contributed by atoms with Gasteiger partial charge in [-0.2, -0.15) is 13.2 Å². The highest BCUT2D eigenvalue weighted by Gasteiger charge is 2.61. The SMILES string of the molecule is CC1=NC2(CC3(CCC(N4C(=O)CC(=O)N(CCCC(F)(F)F)C4=O)CC3)C2)N(C)C1=O. The summed E-state index contributed by atoms with van der Waals surface area (Å²) >= 11 is 0. The summed E-state index contributed by atoms with van der Waals surface area (Å²) in [6.45, 7) is 1.36. The number of halogens is 3. The number of nitrogens with zero attached hydrogens (tertiary/aromatic N) is 4. The molecule has 0 unspecified atom stereocenters. The van der Waals surface area contributed by atoms with Crippen molar-refractivity contribution < 1.29 is 32.3 Å². The highest BCUT2D eigenvalue weighted by molar-refractivity contribution is 6.39. The molecular weight excluding hydrogens is 429 g/mol. The van der Waals surface area contributed by atoms with Crippen molar-refractivity contribution in [1.82, 2.24) is 14.7 Å². The summed E-state index contributed by atoms with van der Waals surface area (Å²) in [7, 11) is 1.76. The first-order chi connectivity index (χ1) is 14.9. The van der Waals surface area contributed by atoms with Crippen LogP contribution in [0, 0.1) is 5.41 Å². The van der Waals surface area contributed by atoms with Crippen molar-refractivity contribution in [2.45, 2.75) is 82.6 Å². The van der Waals surface area contributed by atoms with Crippen LogP contribution in [0.25, 0.3) is 0 Å². The zero-order valence-corrected chi connectivity index (χ0v) is 18.2. The Morgan fingerprint density at radius 1 is 1.06 bits per heavy atom. The molecule has 32 heavy (non-hydrogen) atoms. The molecule has 5 amide bonds. The van der Waals surface area contributed by atoms with Crippen molar-refractivity contribution in [3.63, 3.8) is 0 Å². The molecule has 4 rings (SSSR count). The summed E-state index contributed by atoms with van der Waals surface area (Å²) in [5, 5.41) is 0. The number of hydrogen-bond donors (Lipinski definition) is 0. The van der Waals surface area contributed by atoms with E-state index < -0.39 is 42.5 Å². The summed E-state index contributed by atoms with van der Waals surface area (Å²) in [4.78, 5) is 57.7. The van der Waals surface area contributed by atoms with E-state index in [4.69, 9.17) is 0 Å². The standard InChI is InChI=1S/C21H27F3N4O4/c1-13-17(31)26(2)20(25-13)11-19(12-20)7-4-14(5-8-19)28-16(30)10-15(29)27(18(28)32)9-3-6-21(22,23)24/h14H,3-12H2,1-2H3. The minimum atomic E-state index is -4.37. The van der Waals surface area contributed by atoms with Crippen LogP contribution in [0.2, 0.25) is 0 Å². The first-order valence-electron chi connectivity index (χ1n) is 10.9. The number of imide groups is 2. The number of rotatable bonds is 4. The van der Waals surface area contributed by atoms with E-state index >= 15 is 0 Å². The fourth-order valence-electron chi connectivity index (χ4n) is 5.83. The Morgan fingerprint density at radius 3 is 2.22 bits per heavy atom.